The second kappa shape index (κ2) is 11.7. The number of likely N-dealkylation sites (tertiary alicyclic amines) is 1. The zero-order chi connectivity index (χ0) is 27.5. The minimum Gasteiger partial charge on any atom is -0.481 e. The van der Waals surface area contributed by atoms with Crippen molar-refractivity contribution in [3.63, 3.8) is 0 Å². The van der Waals surface area contributed by atoms with Crippen molar-refractivity contribution in [2.45, 2.75) is 71.6 Å². The Hall–Kier alpha value is -2.88. The van der Waals surface area contributed by atoms with Gasteiger partial charge in [0.1, 0.15) is 6.04 Å². The Labute approximate surface area is 218 Å². The summed E-state index contributed by atoms with van der Waals surface area (Å²) in [6.45, 7) is 7.53. The summed E-state index contributed by atoms with van der Waals surface area (Å²) < 4.78 is 39.5. The van der Waals surface area contributed by atoms with E-state index >= 15 is 0 Å². The molecule has 1 aromatic heterocycles. The monoisotopic (exact) mass is 538 g/mol. The molecule has 1 saturated heterocycles. The molecule has 0 spiro atoms. The maximum Gasteiger partial charge on any atom is 0.392 e. The number of carbonyl (C=O) groups excluding carboxylic acids is 2. The number of halogens is 3. The third-order valence-corrected chi connectivity index (χ3v) is 7.71. The highest BCUT2D eigenvalue weighted by molar-refractivity contribution is 7.13. The Kier molecular flexibility index (Phi) is 9.05. The smallest absolute Gasteiger partial charge is 0.392 e. The van der Waals surface area contributed by atoms with Gasteiger partial charge in [-0.05, 0) is 66.3 Å². The van der Waals surface area contributed by atoms with E-state index in [9.17, 15) is 32.7 Å². The zero-order valence-corrected chi connectivity index (χ0v) is 22.2. The van der Waals surface area contributed by atoms with Gasteiger partial charge in [0.25, 0.3) is 0 Å². The molecule has 2 heterocycles. The van der Waals surface area contributed by atoms with Crippen molar-refractivity contribution in [3.8, 4) is 10.4 Å². The first kappa shape index (κ1) is 28.7. The number of carbonyl (C=O) groups is 3. The fourth-order valence-corrected chi connectivity index (χ4v) is 5.98. The van der Waals surface area contributed by atoms with Gasteiger partial charge in [-0.15, -0.1) is 11.3 Å². The summed E-state index contributed by atoms with van der Waals surface area (Å²) in [4.78, 5) is 40.0. The van der Waals surface area contributed by atoms with Crippen LogP contribution in [0.2, 0.25) is 0 Å². The molecule has 2 aromatic rings. The fraction of sp³-hybridized carbons (Fsp3) is 0.519. The normalized spacial score (nSPS) is 18.1. The van der Waals surface area contributed by atoms with Crippen molar-refractivity contribution in [1.82, 2.24) is 10.2 Å². The van der Waals surface area contributed by atoms with Gasteiger partial charge in [0, 0.05) is 17.8 Å². The SMILES string of the molecule is Cc1cccc(C)c1-c1cc([C@@H](CC(=O)O)NC(=O)[C@@H](CC(C)C)N2CC[C@@H](C(F)(F)F)CC2=O)cs1. The van der Waals surface area contributed by atoms with Crippen molar-refractivity contribution in [1.29, 1.82) is 0 Å². The Morgan fingerprint density at radius 1 is 1.22 bits per heavy atom. The number of carboxylic acids is 1. The van der Waals surface area contributed by atoms with E-state index in [1.54, 1.807) is 0 Å². The average molecular weight is 539 g/mol. The van der Waals surface area contributed by atoms with Crippen molar-refractivity contribution in [2.75, 3.05) is 6.54 Å². The molecule has 2 amide bonds. The lowest BCUT2D eigenvalue weighted by Gasteiger charge is -2.38. The molecular formula is C27H33F3N2O4S. The van der Waals surface area contributed by atoms with Gasteiger partial charge in [0.15, 0.2) is 0 Å². The minimum atomic E-state index is -4.46. The lowest BCUT2D eigenvalue weighted by atomic mass is 9.92. The number of aliphatic carboxylic acids is 1. The maximum absolute atomic E-state index is 13.4. The number of thiophene rings is 1. The van der Waals surface area contributed by atoms with E-state index in [1.807, 2.05) is 57.3 Å². The zero-order valence-electron chi connectivity index (χ0n) is 21.4. The number of nitrogens with zero attached hydrogens (tertiary/aromatic N) is 1. The number of carboxylic acid groups (broad SMARTS) is 1. The van der Waals surface area contributed by atoms with E-state index < -0.39 is 48.4 Å². The minimum absolute atomic E-state index is 0.0152. The molecule has 0 aliphatic carbocycles. The standard InChI is InChI=1S/C27H33F3N2O4S/c1-15(2)10-21(32-9-8-19(12-23(32)33)27(28,29)30)26(36)31-20(13-24(34)35)18-11-22(37-14-18)25-16(3)6-5-7-17(25)4/h5-7,11,14-15,19-21H,8-10,12-13H2,1-4H3,(H,31,36)(H,34,35)/t19-,20-,21-/m1/s1. The van der Waals surface area contributed by atoms with Crippen LogP contribution in [0.3, 0.4) is 0 Å². The van der Waals surface area contributed by atoms with Crippen molar-refractivity contribution < 1.29 is 32.7 Å². The van der Waals surface area contributed by atoms with E-state index in [-0.39, 0.29) is 31.7 Å². The summed E-state index contributed by atoms with van der Waals surface area (Å²) in [6.07, 6.45) is -5.53. The van der Waals surface area contributed by atoms with Crippen LogP contribution in [0.1, 0.15) is 62.3 Å². The van der Waals surface area contributed by atoms with Crippen molar-refractivity contribution in [2.24, 2.45) is 11.8 Å². The van der Waals surface area contributed by atoms with E-state index in [0.29, 0.717) is 5.56 Å². The predicted octanol–water partition coefficient (Wildman–Crippen LogP) is 5.88. The Morgan fingerprint density at radius 2 is 1.86 bits per heavy atom. The van der Waals surface area contributed by atoms with Crippen molar-refractivity contribution in [3.05, 3.63) is 46.3 Å². The molecule has 0 saturated carbocycles. The van der Waals surface area contributed by atoms with Crippen LogP contribution in [0.4, 0.5) is 13.2 Å². The molecule has 6 nitrogen and oxygen atoms in total. The number of benzene rings is 1. The Morgan fingerprint density at radius 3 is 2.41 bits per heavy atom. The number of alkyl halides is 3. The van der Waals surface area contributed by atoms with Gasteiger partial charge < -0.3 is 15.3 Å². The second-order valence-corrected chi connectivity index (χ2v) is 11.0. The maximum atomic E-state index is 13.4. The first-order chi connectivity index (χ1) is 17.3. The lowest BCUT2D eigenvalue weighted by Crippen LogP contribution is -2.54. The van der Waals surface area contributed by atoms with Gasteiger partial charge in [-0.25, -0.2) is 0 Å². The van der Waals surface area contributed by atoms with Gasteiger partial charge in [-0.1, -0.05) is 32.0 Å². The molecular weight excluding hydrogens is 505 g/mol. The highest BCUT2D eigenvalue weighted by atomic mass is 32.1. The predicted molar refractivity (Wildman–Crippen MR) is 136 cm³/mol. The number of hydrogen-bond donors (Lipinski definition) is 2. The largest absolute Gasteiger partial charge is 0.481 e. The lowest BCUT2D eigenvalue weighted by molar-refractivity contribution is -0.191. The third-order valence-electron chi connectivity index (χ3n) is 6.74. The molecule has 0 radical (unpaired) electrons. The summed E-state index contributed by atoms with van der Waals surface area (Å²) in [5, 5.41) is 14.1. The number of rotatable bonds is 9. The quantitative estimate of drug-likeness (QED) is 0.418. The van der Waals surface area contributed by atoms with Gasteiger partial charge in [-0.2, -0.15) is 13.2 Å². The van der Waals surface area contributed by atoms with Crippen molar-refractivity contribution >= 4 is 29.1 Å². The van der Waals surface area contributed by atoms with Gasteiger partial charge >= 0.3 is 12.1 Å². The van der Waals surface area contributed by atoms with Crippen LogP contribution in [0, 0.1) is 25.7 Å². The molecule has 1 aliphatic heterocycles. The molecule has 10 heteroatoms. The van der Waals surface area contributed by atoms with E-state index in [0.717, 1.165) is 21.6 Å². The molecule has 37 heavy (non-hydrogen) atoms. The van der Waals surface area contributed by atoms with Crippen LogP contribution in [-0.4, -0.2) is 46.6 Å². The molecule has 1 fully saturated rings. The number of hydrogen-bond acceptors (Lipinski definition) is 4. The summed E-state index contributed by atoms with van der Waals surface area (Å²) >= 11 is 1.45. The van der Waals surface area contributed by atoms with Crippen LogP contribution in [0.15, 0.2) is 29.6 Å². The first-order valence-electron chi connectivity index (χ1n) is 12.3. The molecule has 0 bridgehead atoms. The number of amides is 2. The number of nitrogens with one attached hydrogen (secondary N) is 1. The van der Waals surface area contributed by atoms with Gasteiger partial charge in [0.05, 0.1) is 18.4 Å². The summed E-state index contributed by atoms with van der Waals surface area (Å²) in [7, 11) is 0. The number of aryl methyl sites for hydroxylation is 2. The topological polar surface area (TPSA) is 86.7 Å². The van der Waals surface area contributed by atoms with E-state index in [2.05, 4.69) is 5.32 Å². The van der Waals surface area contributed by atoms with Crippen LogP contribution in [0.25, 0.3) is 10.4 Å². The molecule has 2 N–H and O–H groups in total. The van der Waals surface area contributed by atoms with Crippen LogP contribution in [-0.2, 0) is 14.4 Å². The van der Waals surface area contributed by atoms with Gasteiger partial charge in [0.2, 0.25) is 11.8 Å². The number of piperidine rings is 1. The molecule has 3 atom stereocenters. The first-order valence-corrected chi connectivity index (χ1v) is 13.2. The highest BCUT2D eigenvalue weighted by Gasteiger charge is 2.46. The molecule has 1 aliphatic rings. The average Bonchev–Trinajstić information content (AvgIpc) is 3.25. The van der Waals surface area contributed by atoms with E-state index in [4.69, 9.17) is 0 Å². The fourth-order valence-electron chi connectivity index (χ4n) is 4.84. The van der Waals surface area contributed by atoms with Crippen LogP contribution < -0.4 is 5.32 Å². The van der Waals surface area contributed by atoms with Gasteiger partial charge in [-0.3, -0.25) is 14.4 Å². The summed E-state index contributed by atoms with van der Waals surface area (Å²) in [5.41, 5.74) is 3.83. The molecule has 202 valence electrons. The van der Waals surface area contributed by atoms with E-state index in [1.165, 1.54) is 16.2 Å². The Balaban J connectivity index is 1.85. The molecule has 3 rings (SSSR count). The summed E-state index contributed by atoms with van der Waals surface area (Å²) in [5.74, 6) is -4.10. The second-order valence-electron chi connectivity index (χ2n) is 10.1. The molecule has 1 aromatic carbocycles. The highest BCUT2D eigenvalue weighted by Crippen LogP contribution is 2.37. The molecule has 0 unspecified atom stereocenters. The van der Waals surface area contributed by atoms with Crippen LogP contribution >= 0.6 is 11.3 Å². The third kappa shape index (κ3) is 7.12. The Bertz CT molecular complexity index is 1120. The van der Waals surface area contributed by atoms with Crippen LogP contribution in [0.5, 0.6) is 0 Å². The summed E-state index contributed by atoms with van der Waals surface area (Å²) in [6, 6.07) is 5.99.